The van der Waals surface area contributed by atoms with Gasteiger partial charge in [-0.1, -0.05) is 25.7 Å². The Labute approximate surface area is 82.9 Å². The molecule has 0 aromatic heterocycles. The molecular weight excluding hydrogens is 176 g/mol. The van der Waals surface area contributed by atoms with Crippen molar-refractivity contribution >= 4 is 8.24 Å². The molecule has 0 aliphatic carbocycles. The van der Waals surface area contributed by atoms with Crippen molar-refractivity contribution < 1.29 is 0 Å². The predicted octanol–water partition coefficient (Wildman–Crippen LogP) is 2.61. The first-order valence-electron chi connectivity index (χ1n) is 4.64. The van der Waals surface area contributed by atoms with E-state index in [0.717, 1.165) is 6.42 Å². The summed E-state index contributed by atoms with van der Waals surface area (Å²) in [4.78, 5) is 0. The maximum absolute atomic E-state index is 8.68. The third-order valence-electron chi connectivity index (χ3n) is 2.37. The van der Waals surface area contributed by atoms with E-state index in [1.165, 1.54) is 0 Å². The van der Waals surface area contributed by atoms with Crippen LogP contribution in [0.4, 0.5) is 0 Å². The normalized spacial score (nSPS) is 13.8. The van der Waals surface area contributed by atoms with Crippen LogP contribution in [0.25, 0.3) is 0 Å². The van der Waals surface area contributed by atoms with Crippen LogP contribution >= 0.6 is 0 Å². The minimum atomic E-state index is -1.26. The van der Waals surface area contributed by atoms with Crippen LogP contribution in [0.1, 0.15) is 12.8 Å². The lowest BCUT2D eigenvalue weighted by atomic mass is 10.1. The topological polar surface area (TPSA) is 27.0 Å². The minimum Gasteiger partial charge on any atom is -0.323 e. The first kappa shape index (κ1) is 12.4. The summed E-state index contributed by atoms with van der Waals surface area (Å²) in [6, 6.07) is 2.59. The average molecular weight is 196 g/mol. The molecule has 1 atom stereocenters. The van der Waals surface area contributed by atoms with Gasteiger partial charge in [0, 0.05) is 6.04 Å². The molecule has 0 aliphatic rings. The van der Waals surface area contributed by atoms with Crippen LogP contribution in [0.5, 0.6) is 0 Å². The molecule has 3 heteroatoms. The van der Waals surface area contributed by atoms with Gasteiger partial charge in [0.25, 0.3) is 0 Å². The van der Waals surface area contributed by atoms with Crippen LogP contribution < -0.4 is 0 Å². The lowest BCUT2D eigenvalue weighted by molar-refractivity contribution is 0.375. The zero-order valence-electron chi connectivity index (χ0n) is 9.17. The summed E-state index contributed by atoms with van der Waals surface area (Å²) in [6.07, 6.45) is 3.42. The Morgan fingerprint density at radius 3 is 2.38 bits per heavy atom. The molecule has 0 N–H and O–H groups in total. The molecule has 74 valence electrons. The van der Waals surface area contributed by atoms with Crippen molar-refractivity contribution in [3.05, 3.63) is 12.7 Å². The summed E-state index contributed by atoms with van der Waals surface area (Å²) >= 11 is 0. The molecule has 0 rings (SSSR count). The summed E-state index contributed by atoms with van der Waals surface area (Å²) in [5.41, 5.74) is 0. The van der Waals surface area contributed by atoms with Crippen LogP contribution in [-0.2, 0) is 0 Å². The Morgan fingerprint density at radius 1 is 1.54 bits per heavy atom. The second kappa shape index (κ2) is 5.20. The van der Waals surface area contributed by atoms with Gasteiger partial charge < -0.3 is 4.57 Å². The molecule has 1 unspecified atom stereocenters. The number of hydrogen-bond donors (Lipinski definition) is 0. The molecule has 2 nitrogen and oxygen atoms in total. The van der Waals surface area contributed by atoms with Crippen LogP contribution in [0.15, 0.2) is 12.7 Å². The van der Waals surface area contributed by atoms with Gasteiger partial charge in [0.05, 0.1) is 12.5 Å². The van der Waals surface area contributed by atoms with E-state index in [9.17, 15) is 0 Å². The SMILES string of the molecule is C=CCC(CC#N)N(C)[Si](C)(C)C. The van der Waals surface area contributed by atoms with E-state index in [4.69, 9.17) is 5.26 Å². The zero-order chi connectivity index (χ0) is 10.5. The summed E-state index contributed by atoms with van der Waals surface area (Å²) in [5.74, 6) is 0. The van der Waals surface area contributed by atoms with E-state index in [-0.39, 0.29) is 0 Å². The Balaban J connectivity index is 4.37. The Kier molecular flexibility index (Phi) is 4.97. The largest absolute Gasteiger partial charge is 0.323 e. The van der Waals surface area contributed by atoms with Crippen molar-refractivity contribution in [1.29, 1.82) is 5.26 Å². The van der Waals surface area contributed by atoms with Crippen molar-refractivity contribution in [1.82, 2.24) is 4.57 Å². The Bertz CT molecular complexity index is 200. The van der Waals surface area contributed by atoms with Crippen molar-refractivity contribution in [2.45, 2.75) is 38.5 Å². The molecule has 0 bridgehead atoms. The third kappa shape index (κ3) is 4.25. The maximum Gasteiger partial charge on any atom is 0.119 e. The smallest absolute Gasteiger partial charge is 0.119 e. The van der Waals surface area contributed by atoms with E-state index in [2.05, 4.69) is 43.9 Å². The van der Waals surface area contributed by atoms with E-state index in [1.807, 2.05) is 6.08 Å². The first-order valence-corrected chi connectivity index (χ1v) is 8.09. The molecule has 0 saturated carbocycles. The second-order valence-electron chi connectivity index (χ2n) is 4.32. The van der Waals surface area contributed by atoms with Gasteiger partial charge in [0.1, 0.15) is 8.24 Å². The predicted molar refractivity (Wildman–Crippen MR) is 59.9 cm³/mol. The van der Waals surface area contributed by atoms with Gasteiger partial charge in [-0.15, -0.1) is 6.58 Å². The van der Waals surface area contributed by atoms with E-state index >= 15 is 0 Å². The van der Waals surface area contributed by atoms with Crippen LogP contribution in [-0.4, -0.2) is 25.9 Å². The van der Waals surface area contributed by atoms with Crippen LogP contribution in [0, 0.1) is 11.3 Å². The molecule has 13 heavy (non-hydrogen) atoms. The fourth-order valence-corrected chi connectivity index (χ4v) is 2.52. The second-order valence-corrected chi connectivity index (χ2v) is 9.37. The zero-order valence-corrected chi connectivity index (χ0v) is 10.2. The van der Waals surface area contributed by atoms with E-state index in [1.54, 1.807) is 0 Å². The van der Waals surface area contributed by atoms with Crippen LogP contribution in [0.2, 0.25) is 19.6 Å². The summed E-state index contributed by atoms with van der Waals surface area (Å²) < 4.78 is 2.37. The molecule has 0 aromatic rings. The summed E-state index contributed by atoms with van der Waals surface area (Å²) in [5, 5.41) is 8.68. The fourth-order valence-electron chi connectivity index (χ4n) is 1.22. The average Bonchev–Trinajstić information content (AvgIpc) is 2.01. The minimum absolute atomic E-state index is 0.356. The maximum atomic E-state index is 8.68. The van der Waals surface area contributed by atoms with Gasteiger partial charge in [0.2, 0.25) is 0 Å². The number of hydrogen-bond acceptors (Lipinski definition) is 2. The molecule has 0 heterocycles. The molecule has 0 fully saturated rings. The van der Waals surface area contributed by atoms with Crippen molar-refractivity contribution in [3.8, 4) is 6.07 Å². The van der Waals surface area contributed by atoms with Gasteiger partial charge in [-0.25, -0.2) is 0 Å². The standard InChI is InChI=1S/C10H20N2Si/c1-6-7-10(8-9-11)12(2)13(3,4)5/h6,10H,1,7-8H2,2-5H3. The number of nitriles is 1. The van der Waals surface area contributed by atoms with Gasteiger partial charge in [-0.3, -0.25) is 0 Å². The van der Waals surface area contributed by atoms with Gasteiger partial charge >= 0.3 is 0 Å². The molecular formula is C10H20N2Si. The Morgan fingerprint density at radius 2 is 2.08 bits per heavy atom. The third-order valence-corrected chi connectivity index (χ3v) is 4.85. The van der Waals surface area contributed by atoms with Crippen LogP contribution in [0.3, 0.4) is 0 Å². The number of rotatable bonds is 5. The van der Waals surface area contributed by atoms with Crippen molar-refractivity contribution in [2.24, 2.45) is 0 Å². The number of nitrogens with zero attached hydrogens (tertiary/aromatic N) is 2. The first-order chi connectivity index (χ1) is 5.93. The molecule has 0 amide bonds. The van der Waals surface area contributed by atoms with Crippen molar-refractivity contribution in [2.75, 3.05) is 7.05 Å². The molecule has 0 saturated heterocycles. The monoisotopic (exact) mass is 196 g/mol. The van der Waals surface area contributed by atoms with Gasteiger partial charge in [-0.2, -0.15) is 5.26 Å². The highest BCUT2D eigenvalue weighted by atomic mass is 28.3. The molecule has 0 spiro atoms. The highest BCUT2D eigenvalue weighted by Gasteiger charge is 2.25. The molecule has 0 aliphatic heterocycles. The highest BCUT2D eigenvalue weighted by Crippen LogP contribution is 2.15. The molecule has 0 radical (unpaired) electrons. The van der Waals surface area contributed by atoms with Crippen molar-refractivity contribution in [3.63, 3.8) is 0 Å². The fraction of sp³-hybridized carbons (Fsp3) is 0.700. The summed E-state index contributed by atoms with van der Waals surface area (Å²) in [7, 11) is 0.859. The lowest BCUT2D eigenvalue weighted by Gasteiger charge is -2.36. The highest BCUT2D eigenvalue weighted by molar-refractivity contribution is 6.73. The quantitative estimate of drug-likeness (QED) is 0.499. The molecule has 0 aromatic carbocycles. The summed E-state index contributed by atoms with van der Waals surface area (Å²) in [6.45, 7) is 10.6. The van der Waals surface area contributed by atoms with E-state index in [0.29, 0.717) is 12.5 Å². The lowest BCUT2D eigenvalue weighted by Crippen LogP contribution is -2.49. The van der Waals surface area contributed by atoms with Gasteiger partial charge in [-0.05, 0) is 13.5 Å². The van der Waals surface area contributed by atoms with E-state index < -0.39 is 8.24 Å². The van der Waals surface area contributed by atoms with Gasteiger partial charge in [0.15, 0.2) is 0 Å². The Hall–Kier alpha value is -0.593.